The van der Waals surface area contributed by atoms with Gasteiger partial charge in [0, 0.05) is 12.1 Å². The predicted molar refractivity (Wildman–Crippen MR) is 34.7 cm³/mol. The fourth-order valence-electron chi connectivity index (χ4n) is 0.732. The summed E-state index contributed by atoms with van der Waals surface area (Å²) in [5.41, 5.74) is 0. The second-order valence-electron chi connectivity index (χ2n) is 2.12. The molecule has 13 heavy (non-hydrogen) atoms. The molecule has 0 unspecified atom stereocenters. The van der Waals surface area contributed by atoms with E-state index in [1.165, 1.54) is 0 Å². The normalized spacial score (nSPS) is 10.5. The number of hydrogen-bond donors (Lipinski definition) is 1. The zero-order chi connectivity index (χ0) is 10.0. The van der Waals surface area contributed by atoms with E-state index in [4.69, 9.17) is 5.11 Å². The zero-order valence-electron chi connectivity index (χ0n) is 6.10. The molecule has 0 aliphatic rings. The van der Waals surface area contributed by atoms with Gasteiger partial charge in [0.15, 0.2) is 11.6 Å². The van der Waals surface area contributed by atoms with E-state index in [1.807, 2.05) is 0 Å². The lowest BCUT2D eigenvalue weighted by molar-refractivity contribution is -0.0526. The molecule has 1 aromatic carbocycles. The molecule has 0 spiro atoms. The van der Waals surface area contributed by atoms with Crippen molar-refractivity contribution in [3.63, 3.8) is 0 Å². The Labute approximate surface area is 70.4 Å². The van der Waals surface area contributed by atoms with Crippen LogP contribution < -0.4 is 4.74 Å². The summed E-state index contributed by atoms with van der Waals surface area (Å²) in [6.45, 7) is -3.27. The number of phenols is 1. The highest BCUT2D eigenvalue weighted by atomic mass is 19.3. The second-order valence-corrected chi connectivity index (χ2v) is 2.12. The first kappa shape index (κ1) is 9.63. The number of benzene rings is 1. The van der Waals surface area contributed by atoms with Crippen molar-refractivity contribution >= 4 is 0 Å². The Morgan fingerprint density at radius 3 is 2.38 bits per heavy atom. The number of ether oxygens (including phenoxy) is 1. The second kappa shape index (κ2) is 3.51. The van der Waals surface area contributed by atoms with Crippen molar-refractivity contribution in [3.05, 3.63) is 23.8 Å². The minimum Gasteiger partial charge on any atom is -0.508 e. The van der Waals surface area contributed by atoms with Crippen molar-refractivity contribution in [1.82, 2.24) is 0 Å². The highest BCUT2D eigenvalue weighted by Gasteiger charge is 2.15. The van der Waals surface area contributed by atoms with Crippen LogP contribution in [-0.2, 0) is 0 Å². The van der Waals surface area contributed by atoms with Crippen molar-refractivity contribution in [1.29, 1.82) is 0 Å². The molecule has 0 radical (unpaired) electrons. The van der Waals surface area contributed by atoms with Gasteiger partial charge in [-0.25, -0.2) is 4.39 Å². The van der Waals surface area contributed by atoms with Crippen LogP contribution in [0.3, 0.4) is 0 Å². The largest absolute Gasteiger partial charge is 0.508 e. The predicted octanol–water partition coefficient (Wildman–Crippen LogP) is 2.27. The van der Waals surface area contributed by atoms with Crippen LogP contribution in [0.25, 0.3) is 0 Å². The molecular weight excluding hydrogens is 192 g/mol. The number of phenolic OH excluding ortho intramolecular Hbond substituents is 1. The molecule has 72 valence electrons. The van der Waals surface area contributed by atoms with E-state index in [2.05, 4.69) is 4.74 Å². The van der Waals surface area contributed by atoms with Crippen LogP contribution in [0.15, 0.2) is 12.1 Å². The van der Waals surface area contributed by atoms with Gasteiger partial charge in [-0.05, 0) is 0 Å². The van der Waals surface area contributed by atoms with E-state index in [-0.39, 0.29) is 0 Å². The standard InChI is InChI=1S/C7H4F4O2/c8-4-1-3(12)2-5(6(4)9)13-7(10)11/h1-2,7,12H. The lowest BCUT2D eigenvalue weighted by Crippen LogP contribution is -2.04. The van der Waals surface area contributed by atoms with Gasteiger partial charge < -0.3 is 9.84 Å². The van der Waals surface area contributed by atoms with Crippen LogP contribution in [-0.4, -0.2) is 11.7 Å². The number of hydrogen-bond acceptors (Lipinski definition) is 2. The summed E-state index contributed by atoms with van der Waals surface area (Å²) in [5, 5.41) is 8.70. The van der Waals surface area contributed by atoms with Gasteiger partial charge in [-0.2, -0.15) is 13.2 Å². The lowest BCUT2D eigenvalue weighted by atomic mass is 10.3. The van der Waals surface area contributed by atoms with Gasteiger partial charge >= 0.3 is 6.61 Å². The van der Waals surface area contributed by atoms with Crippen molar-refractivity contribution in [2.24, 2.45) is 0 Å². The van der Waals surface area contributed by atoms with Crippen LogP contribution in [0.2, 0.25) is 0 Å². The molecular formula is C7H4F4O2. The maximum atomic E-state index is 12.6. The third-order valence-corrected chi connectivity index (χ3v) is 1.20. The molecule has 2 nitrogen and oxygen atoms in total. The molecule has 0 heterocycles. The monoisotopic (exact) mass is 196 g/mol. The molecule has 0 fully saturated rings. The molecule has 0 aliphatic carbocycles. The van der Waals surface area contributed by atoms with Crippen molar-refractivity contribution in [2.75, 3.05) is 0 Å². The fraction of sp³-hybridized carbons (Fsp3) is 0.143. The number of aromatic hydroxyl groups is 1. The molecule has 0 bridgehead atoms. The van der Waals surface area contributed by atoms with E-state index < -0.39 is 29.7 Å². The Kier molecular flexibility index (Phi) is 2.60. The van der Waals surface area contributed by atoms with E-state index in [0.717, 1.165) is 0 Å². The molecule has 1 N–H and O–H groups in total. The summed E-state index contributed by atoms with van der Waals surface area (Å²) in [5.74, 6) is -4.71. The molecule has 6 heteroatoms. The summed E-state index contributed by atoms with van der Waals surface area (Å²) in [7, 11) is 0. The smallest absolute Gasteiger partial charge is 0.387 e. The highest BCUT2D eigenvalue weighted by Crippen LogP contribution is 2.26. The molecule has 0 amide bonds. The molecule has 0 saturated heterocycles. The van der Waals surface area contributed by atoms with Crippen LogP contribution >= 0.6 is 0 Å². The molecule has 0 atom stereocenters. The van der Waals surface area contributed by atoms with Gasteiger partial charge in [-0.15, -0.1) is 0 Å². The first-order chi connectivity index (χ1) is 6.00. The highest BCUT2D eigenvalue weighted by molar-refractivity contribution is 5.34. The third-order valence-electron chi connectivity index (χ3n) is 1.20. The summed E-state index contributed by atoms with van der Waals surface area (Å²) >= 11 is 0. The lowest BCUT2D eigenvalue weighted by Gasteiger charge is -2.06. The number of rotatable bonds is 2. The van der Waals surface area contributed by atoms with Crippen LogP contribution in [0, 0.1) is 11.6 Å². The van der Waals surface area contributed by atoms with E-state index >= 15 is 0 Å². The SMILES string of the molecule is Oc1cc(F)c(F)c(OC(F)F)c1. The zero-order valence-corrected chi connectivity index (χ0v) is 6.10. The number of halogens is 4. The van der Waals surface area contributed by atoms with E-state index in [9.17, 15) is 17.6 Å². The van der Waals surface area contributed by atoms with Gasteiger partial charge in [0.05, 0.1) is 0 Å². The first-order valence-electron chi connectivity index (χ1n) is 3.13. The van der Waals surface area contributed by atoms with E-state index in [0.29, 0.717) is 12.1 Å². The average molecular weight is 196 g/mol. The maximum absolute atomic E-state index is 12.6. The summed E-state index contributed by atoms with van der Waals surface area (Å²) in [6, 6.07) is 1.01. The molecule has 1 aromatic rings. The quantitative estimate of drug-likeness (QED) is 0.735. The molecule has 1 rings (SSSR count). The van der Waals surface area contributed by atoms with Gasteiger partial charge in [-0.1, -0.05) is 0 Å². The minimum atomic E-state index is -3.27. The van der Waals surface area contributed by atoms with Crippen molar-refractivity contribution < 1.29 is 27.4 Å². The topological polar surface area (TPSA) is 29.5 Å². The van der Waals surface area contributed by atoms with Crippen molar-refractivity contribution in [2.45, 2.75) is 6.61 Å². The summed E-state index contributed by atoms with van der Waals surface area (Å²) in [4.78, 5) is 0. The maximum Gasteiger partial charge on any atom is 0.387 e. The van der Waals surface area contributed by atoms with Crippen LogP contribution in [0.4, 0.5) is 17.6 Å². The Morgan fingerprint density at radius 2 is 1.85 bits per heavy atom. The molecule has 0 aromatic heterocycles. The van der Waals surface area contributed by atoms with E-state index in [1.54, 1.807) is 0 Å². The molecule has 0 saturated carbocycles. The Balaban J connectivity index is 3.05. The third kappa shape index (κ3) is 2.24. The number of alkyl halides is 2. The average Bonchev–Trinajstić information content (AvgIpc) is 1.98. The van der Waals surface area contributed by atoms with Gasteiger partial charge in [-0.3, -0.25) is 0 Å². The Hall–Kier alpha value is -1.46. The Morgan fingerprint density at radius 1 is 1.23 bits per heavy atom. The van der Waals surface area contributed by atoms with Gasteiger partial charge in [0.2, 0.25) is 5.82 Å². The molecule has 0 aliphatic heterocycles. The summed E-state index contributed by atoms with van der Waals surface area (Å²) < 4.78 is 51.8. The minimum absolute atomic E-state index is 0.452. The van der Waals surface area contributed by atoms with Gasteiger partial charge in [0.1, 0.15) is 5.75 Å². The van der Waals surface area contributed by atoms with Crippen LogP contribution in [0.5, 0.6) is 11.5 Å². The van der Waals surface area contributed by atoms with Gasteiger partial charge in [0.25, 0.3) is 0 Å². The van der Waals surface area contributed by atoms with Crippen molar-refractivity contribution in [3.8, 4) is 11.5 Å². The van der Waals surface area contributed by atoms with Crippen LogP contribution in [0.1, 0.15) is 0 Å². The Bertz CT molecular complexity index is 314. The fourth-order valence-corrected chi connectivity index (χ4v) is 0.732. The first-order valence-corrected chi connectivity index (χ1v) is 3.13. The summed E-state index contributed by atoms with van der Waals surface area (Å²) in [6.07, 6.45) is 0.